The van der Waals surface area contributed by atoms with Crippen molar-refractivity contribution in [2.75, 3.05) is 44.2 Å². The Hall–Kier alpha value is -2.38. The van der Waals surface area contributed by atoms with Crippen molar-refractivity contribution in [3.05, 3.63) is 17.5 Å². The van der Waals surface area contributed by atoms with Gasteiger partial charge in [-0.25, -0.2) is 14.8 Å². The number of aromatic nitrogens is 2. The van der Waals surface area contributed by atoms with Crippen molar-refractivity contribution in [3.63, 3.8) is 0 Å². The SMILES string of the molecule is Cc1cc(C)nc(N2CCC[C@H](C(=O)N3CCN(C(=O)OC(C)(C)C)CC3)C2)n1. The van der Waals surface area contributed by atoms with Crippen LogP contribution in [0.1, 0.15) is 45.0 Å². The third-order valence-electron chi connectivity index (χ3n) is 5.27. The minimum absolute atomic E-state index is 0.0544. The second-order valence-electron chi connectivity index (χ2n) is 9.03. The first kappa shape index (κ1) is 21.3. The summed E-state index contributed by atoms with van der Waals surface area (Å²) in [5, 5.41) is 0. The number of carbonyl (C=O) groups is 2. The van der Waals surface area contributed by atoms with Gasteiger partial charge in [-0.1, -0.05) is 0 Å². The summed E-state index contributed by atoms with van der Waals surface area (Å²) in [4.78, 5) is 40.1. The average molecular weight is 404 g/mol. The first-order valence-corrected chi connectivity index (χ1v) is 10.5. The van der Waals surface area contributed by atoms with E-state index in [1.54, 1.807) is 4.90 Å². The van der Waals surface area contributed by atoms with Crippen LogP contribution in [0.5, 0.6) is 0 Å². The van der Waals surface area contributed by atoms with E-state index in [1.165, 1.54) is 0 Å². The van der Waals surface area contributed by atoms with Gasteiger partial charge in [0, 0.05) is 50.7 Å². The number of rotatable bonds is 2. The summed E-state index contributed by atoms with van der Waals surface area (Å²) in [5.41, 5.74) is 1.38. The Morgan fingerprint density at radius 1 is 1.00 bits per heavy atom. The molecule has 2 aliphatic heterocycles. The number of piperazine rings is 1. The molecule has 160 valence electrons. The van der Waals surface area contributed by atoms with E-state index >= 15 is 0 Å². The second-order valence-corrected chi connectivity index (χ2v) is 9.03. The molecule has 2 aliphatic rings. The quantitative estimate of drug-likeness (QED) is 0.754. The molecule has 3 rings (SSSR count). The molecule has 3 heterocycles. The molecule has 0 radical (unpaired) electrons. The van der Waals surface area contributed by atoms with Gasteiger partial charge < -0.3 is 19.4 Å². The van der Waals surface area contributed by atoms with Crippen LogP contribution in [-0.2, 0) is 9.53 Å². The molecule has 0 aromatic carbocycles. The lowest BCUT2D eigenvalue weighted by Gasteiger charge is -2.39. The van der Waals surface area contributed by atoms with Gasteiger partial charge in [0.2, 0.25) is 11.9 Å². The number of ether oxygens (including phenoxy) is 1. The van der Waals surface area contributed by atoms with E-state index < -0.39 is 5.60 Å². The standard InChI is InChI=1S/C21H33N5O3/c1-15-13-16(2)23-19(22-15)26-8-6-7-17(14-26)18(27)24-9-11-25(12-10-24)20(28)29-21(3,4)5/h13,17H,6-12,14H2,1-5H3/t17-/m0/s1. The van der Waals surface area contributed by atoms with E-state index in [4.69, 9.17) is 4.74 Å². The van der Waals surface area contributed by atoms with Gasteiger partial charge in [-0.3, -0.25) is 4.79 Å². The number of aryl methyl sites for hydroxylation is 2. The van der Waals surface area contributed by atoms with E-state index in [0.717, 1.165) is 36.7 Å². The summed E-state index contributed by atoms with van der Waals surface area (Å²) in [6, 6.07) is 1.96. The molecule has 0 aliphatic carbocycles. The van der Waals surface area contributed by atoms with Crippen molar-refractivity contribution >= 4 is 17.9 Å². The van der Waals surface area contributed by atoms with E-state index in [2.05, 4.69) is 14.9 Å². The lowest BCUT2D eigenvalue weighted by atomic mass is 9.96. The Bertz CT molecular complexity index is 733. The molecule has 2 saturated heterocycles. The Kier molecular flexibility index (Phi) is 6.29. The molecule has 8 nitrogen and oxygen atoms in total. The molecule has 0 bridgehead atoms. The molecule has 2 fully saturated rings. The molecule has 1 aromatic heterocycles. The highest BCUT2D eigenvalue weighted by molar-refractivity contribution is 5.80. The maximum absolute atomic E-state index is 13.1. The van der Waals surface area contributed by atoms with Crippen molar-refractivity contribution in [1.29, 1.82) is 0 Å². The number of carbonyl (C=O) groups excluding carboxylic acids is 2. The fourth-order valence-corrected chi connectivity index (χ4v) is 3.90. The van der Waals surface area contributed by atoms with Gasteiger partial charge in [0.25, 0.3) is 0 Å². The number of hydrogen-bond donors (Lipinski definition) is 0. The van der Waals surface area contributed by atoms with Crippen molar-refractivity contribution in [1.82, 2.24) is 19.8 Å². The number of amides is 2. The van der Waals surface area contributed by atoms with Crippen LogP contribution in [0, 0.1) is 19.8 Å². The van der Waals surface area contributed by atoms with Gasteiger partial charge in [0.15, 0.2) is 0 Å². The molecule has 0 unspecified atom stereocenters. The Morgan fingerprint density at radius 3 is 2.17 bits per heavy atom. The molecule has 0 saturated carbocycles. The van der Waals surface area contributed by atoms with Crippen LogP contribution in [0.3, 0.4) is 0 Å². The highest BCUT2D eigenvalue weighted by atomic mass is 16.6. The summed E-state index contributed by atoms with van der Waals surface area (Å²) in [5.74, 6) is 0.832. The first-order valence-electron chi connectivity index (χ1n) is 10.5. The van der Waals surface area contributed by atoms with Gasteiger partial charge in [0.1, 0.15) is 5.60 Å². The number of anilines is 1. The van der Waals surface area contributed by atoms with Crippen molar-refractivity contribution in [3.8, 4) is 0 Å². The van der Waals surface area contributed by atoms with Gasteiger partial charge >= 0.3 is 6.09 Å². The second kappa shape index (κ2) is 8.55. The Morgan fingerprint density at radius 2 is 1.59 bits per heavy atom. The summed E-state index contributed by atoms with van der Waals surface area (Å²) < 4.78 is 5.43. The van der Waals surface area contributed by atoms with Crippen molar-refractivity contribution < 1.29 is 14.3 Å². The van der Waals surface area contributed by atoms with E-state index in [0.29, 0.717) is 32.7 Å². The normalized spacial score (nSPS) is 20.6. The first-order chi connectivity index (χ1) is 13.6. The van der Waals surface area contributed by atoms with Gasteiger partial charge in [-0.15, -0.1) is 0 Å². The highest BCUT2D eigenvalue weighted by Crippen LogP contribution is 2.23. The van der Waals surface area contributed by atoms with Crippen LogP contribution in [0.4, 0.5) is 10.7 Å². The monoisotopic (exact) mass is 403 g/mol. The number of piperidine rings is 1. The molecular formula is C21H33N5O3. The van der Waals surface area contributed by atoms with Crippen molar-refractivity contribution in [2.45, 2.75) is 53.1 Å². The van der Waals surface area contributed by atoms with Gasteiger partial charge in [-0.05, 0) is 53.5 Å². The largest absolute Gasteiger partial charge is 0.444 e. The van der Waals surface area contributed by atoms with Crippen LogP contribution in [0.15, 0.2) is 6.07 Å². The zero-order chi connectivity index (χ0) is 21.2. The molecular weight excluding hydrogens is 370 g/mol. The lowest BCUT2D eigenvalue weighted by molar-refractivity contribution is -0.137. The summed E-state index contributed by atoms with van der Waals surface area (Å²) in [7, 11) is 0. The summed E-state index contributed by atoms with van der Waals surface area (Å²) in [6.07, 6.45) is 1.53. The van der Waals surface area contributed by atoms with Crippen LogP contribution in [0.25, 0.3) is 0 Å². The third-order valence-corrected chi connectivity index (χ3v) is 5.27. The predicted octanol–water partition coefficient (Wildman–Crippen LogP) is 2.39. The average Bonchev–Trinajstić information content (AvgIpc) is 2.65. The van der Waals surface area contributed by atoms with Crippen LogP contribution < -0.4 is 4.90 Å². The van der Waals surface area contributed by atoms with Crippen LogP contribution in [-0.4, -0.2) is 76.6 Å². The van der Waals surface area contributed by atoms with E-state index in [-0.39, 0.29) is 17.9 Å². The number of nitrogens with zero attached hydrogens (tertiary/aromatic N) is 5. The Labute approximate surface area is 173 Å². The minimum Gasteiger partial charge on any atom is -0.444 e. The minimum atomic E-state index is -0.508. The molecule has 1 aromatic rings. The molecule has 8 heteroatoms. The maximum atomic E-state index is 13.1. The topological polar surface area (TPSA) is 78.9 Å². The molecule has 0 N–H and O–H groups in total. The predicted molar refractivity (Wildman–Crippen MR) is 111 cm³/mol. The highest BCUT2D eigenvalue weighted by Gasteiger charge is 2.33. The van der Waals surface area contributed by atoms with Crippen LogP contribution in [0.2, 0.25) is 0 Å². The van der Waals surface area contributed by atoms with Crippen LogP contribution >= 0.6 is 0 Å². The third kappa shape index (κ3) is 5.58. The van der Waals surface area contributed by atoms with Crippen molar-refractivity contribution in [2.24, 2.45) is 5.92 Å². The molecule has 1 atom stereocenters. The number of hydrogen-bond acceptors (Lipinski definition) is 6. The fraction of sp³-hybridized carbons (Fsp3) is 0.714. The lowest BCUT2D eigenvalue weighted by Crippen LogP contribution is -2.54. The zero-order valence-electron chi connectivity index (χ0n) is 18.3. The van der Waals surface area contributed by atoms with E-state index in [1.807, 2.05) is 45.6 Å². The molecule has 0 spiro atoms. The van der Waals surface area contributed by atoms with Gasteiger partial charge in [0.05, 0.1) is 5.92 Å². The zero-order valence-corrected chi connectivity index (χ0v) is 18.3. The summed E-state index contributed by atoms with van der Waals surface area (Å²) >= 11 is 0. The van der Waals surface area contributed by atoms with E-state index in [9.17, 15) is 9.59 Å². The summed E-state index contributed by atoms with van der Waals surface area (Å²) in [6.45, 7) is 13.2. The molecule has 2 amide bonds. The maximum Gasteiger partial charge on any atom is 0.410 e. The molecule has 29 heavy (non-hydrogen) atoms. The fourth-order valence-electron chi connectivity index (χ4n) is 3.90. The van der Waals surface area contributed by atoms with Gasteiger partial charge in [-0.2, -0.15) is 0 Å². The smallest absolute Gasteiger partial charge is 0.410 e. The Balaban J connectivity index is 1.56.